The van der Waals surface area contributed by atoms with Crippen LogP contribution in [-0.2, 0) is 0 Å². The predicted molar refractivity (Wildman–Crippen MR) is 121 cm³/mol. The van der Waals surface area contributed by atoms with Crippen molar-refractivity contribution in [2.24, 2.45) is 23.7 Å². The third-order valence-electron chi connectivity index (χ3n) is 6.39. The summed E-state index contributed by atoms with van der Waals surface area (Å²) in [5, 5.41) is 6.61. The van der Waals surface area contributed by atoms with Crippen LogP contribution < -0.4 is 18.9 Å². The molecule has 0 nitrogen and oxygen atoms in total. The fourth-order valence-electron chi connectivity index (χ4n) is 4.70. The molecule has 0 aromatic carbocycles. The quantitative estimate of drug-likeness (QED) is 0.283. The van der Waals surface area contributed by atoms with Crippen LogP contribution in [0.4, 0.5) is 0 Å². The standard InChI is InChI=1S/4C6H13.Al.Li/c4*1-4-5-6(2)3;;/h4*6H,1,4-5H2,2-3H3;;/q;;;;-1;+1. The predicted octanol–water partition coefficient (Wildman–Crippen LogP) is 6.18. The van der Waals surface area contributed by atoms with Gasteiger partial charge in [-0.25, -0.2) is 0 Å². The first kappa shape index (κ1) is 29.3. The van der Waals surface area contributed by atoms with Gasteiger partial charge in [-0.3, -0.25) is 0 Å². The molecule has 0 aliphatic heterocycles. The van der Waals surface area contributed by atoms with E-state index in [0.29, 0.717) is 0 Å². The van der Waals surface area contributed by atoms with Crippen molar-refractivity contribution in [3.8, 4) is 0 Å². The van der Waals surface area contributed by atoms with Crippen LogP contribution in [0.2, 0.25) is 21.1 Å². The van der Waals surface area contributed by atoms with Crippen LogP contribution >= 0.6 is 0 Å². The Morgan fingerprint density at radius 3 is 0.769 bits per heavy atom. The van der Waals surface area contributed by atoms with E-state index in [2.05, 4.69) is 55.4 Å². The molecule has 0 N–H and O–H groups in total. The van der Waals surface area contributed by atoms with E-state index in [0.717, 1.165) is 23.7 Å². The van der Waals surface area contributed by atoms with Crippen molar-refractivity contribution >= 4 is 13.1 Å². The van der Waals surface area contributed by atoms with Crippen molar-refractivity contribution < 1.29 is 18.9 Å². The second kappa shape index (κ2) is 17.0. The third kappa shape index (κ3) is 17.2. The Kier molecular flexibility index (Phi) is 19.2. The maximum atomic E-state index is 2.41. The minimum atomic E-state index is -1.40. The minimum Gasteiger partial charge on any atom is -0.191 e. The van der Waals surface area contributed by atoms with E-state index in [1.165, 1.54) is 51.4 Å². The van der Waals surface area contributed by atoms with E-state index in [-0.39, 0.29) is 18.9 Å². The SMILES string of the molecule is CC(C)CC[CH2][Al-]([CH2]CCC(C)C)([CH2]CCC(C)C)[CH2]CCC(C)C.[Li+]. The van der Waals surface area contributed by atoms with Gasteiger partial charge in [-0.15, -0.1) is 0 Å². The maximum Gasteiger partial charge on any atom is 1.00 e. The van der Waals surface area contributed by atoms with E-state index < -0.39 is 13.1 Å². The van der Waals surface area contributed by atoms with Gasteiger partial charge in [-0.2, -0.15) is 21.1 Å². The summed E-state index contributed by atoms with van der Waals surface area (Å²) in [6.45, 7) is 19.2. The molecule has 0 atom stereocenters. The molecule has 152 valence electrons. The molecule has 26 heavy (non-hydrogen) atoms. The molecule has 0 aromatic rings. The second-order valence-corrected chi connectivity index (χ2v) is 16.8. The maximum absolute atomic E-state index is 2.41. The zero-order chi connectivity index (χ0) is 19.3. The first-order valence-corrected chi connectivity index (χ1v) is 15.2. The van der Waals surface area contributed by atoms with Crippen LogP contribution in [0, 0.1) is 23.7 Å². The van der Waals surface area contributed by atoms with Gasteiger partial charge in [0.2, 0.25) is 0 Å². The Morgan fingerprint density at radius 2 is 0.615 bits per heavy atom. The van der Waals surface area contributed by atoms with E-state index in [4.69, 9.17) is 0 Å². The number of hydrogen-bond donors (Lipinski definition) is 0. The molecule has 0 aliphatic rings. The Morgan fingerprint density at radius 1 is 0.423 bits per heavy atom. The largest absolute Gasteiger partial charge is 1.00 e. The molecule has 0 saturated carbocycles. The Bertz CT molecular complexity index is 235. The third-order valence-corrected chi connectivity index (χ3v) is 12.9. The summed E-state index contributed by atoms with van der Waals surface area (Å²) in [5.41, 5.74) is 0. The van der Waals surface area contributed by atoms with Gasteiger partial charge >= 0.3 is 18.9 Å². The average molecular weight is 375 g/mol. The van der Waals surface area contributed by atoms with Crippen LogP contribution in [0.5, 0.6) is 0 Å². The molecule has 0 spiro atoms. The fraction of sp³-hybridized carbons (Fsp3) is 1.00. The van der Waals surface area contributed by atoms with Gasteiger partial charge in [0.15, 0.2) is 0 Å². The number of hydrogen-bond acceptors (Lipinski definition) is 0. The molecule has 0 radical (unpaired) electrons. The van der Waals surface area contributed by atoms with E-state index in [1.54, 1.807) is 21.1 Å². The van der Waals surface area contributed by atoms with Gasteiger partial charge in [0.05, 0.1) is 0 Å². The fourth-order valence-corrected chi connectivity index (χ4v) is 10.8. The zero-order valence-electron chi connectivity index (χ0n) is 20.4. The van der Waals surface area contributed by atoms with Crippen molar-refractivity contribution in [2.75, 3.05) is 0 Å². The van der Waals surface area contributed by atoms with E-state index in [1.807, 2.05) is 0 Å². The van der Waals surface area contributed by atoms with Crippen LogP contribution in [0.25, 0.3) is 0 Å². The smallest absolute Gasteiger partial charge is 0.191 e. The summed E-state index contributed by atoms with van der Waals surface area (Å²) in [5.74, 6) is 3.55. The van der Waals surface area contributed by atoms with Crippen LogP contribution in [0.1, 0.15) is 107 Å². The zero-order valence-corrected chi connectivity index (χ0v) is 21.5. The summed E-state index contributed by atoms with van der Waals surface area (Å²) in [7, 11) is 0. The first-order chi connectivity index (χ1) is 11.7. The van der Waals surface area contributed by atoms with Gasteiger partial charge in [0.1, 0.15) is 13.1 Å². The molecule has 0 saturated heterocycles. The molecule has 0 rings (SSSR count). The Labute approximate surface area is 182 Å². The number of rotatable bonds is 16. The molecular weight excluding hydrogens is 322 g/mol. The summed E-state index contributed by atoms with van der Waals surface area (Å²) in [6, 6.07) is 0. The molecule has 0 bridgehead atoms. The van der Waals surface area contributed by atoms with Crippen molar-refractivity contribution in [3.05, 3.63) is 0 Å². The van der Waals surface area contributed by atoms with Crippen molar-refractivity contribution in [1.82, 2.24) is 0 Å². The molecule has 0 aromatic heterocycles. The molecule has 2 heteroatoms. The van der Waals surface area contributed by atoms with Gasteiger partial charge in [0.25, 0.3) is 0 Å². The van der Waals surface area contributed by atoms with Crippen molar-refractivity contribution in [1.29, 1.82) is 0 Å². The van der Waals surface area contributed by atoms with Crippen molar-refractivity contribution in [3.63, 3.8) is 0 Å². The molecule has 0 heterocycles. The molecular formula is C24H52AlLi. The Hall–Kier alpha value is 1.13. The molecule has 0 amide bonds. The molecule has 0 aliphatic carbocycles. The van der Waals surface area contributed by atoms with Crippen molar-refractivity contribution in [2.45, 2.75) is 128 Å². The average Bonchev–Trinajstić information content (AvgIpc) is 2.45. The topological polar surface area (TPSA) is 0 Å². The van der Waals surface area contributed by atoms with Gasteiger partial charge in [-0.05, 0) is 23.7 Å². The summed E-state index contributed by atoms with van der Waals surface area (Å²) in [6.07, 6.45) is 11.9. The monoisotopic (exact) mass is 374 g/mol. The molecule has 0 unspecified atom stereocenters. The van der Waals surface area contributed by atoms with Crippen LogP contribution in [-0.4, -0.2) is 13.1 Å². The molecule has 0 fully saturated rings. The van der Waals surface area contributed by atoms with Gasteiger partial charge in [0, 0.05) is 0 Å². The van der Waals surface area contributed by atoms with E-state index >= 15 is 0 Å². The summed E-state index contributed by atoms with van der Waals surface area (Å²) >= 11 is -1.40. The second-order valence-electron chi connectivity index (χ2n) is 11.0. The first-order valence-electron chi connectivity index (χ1n) is 11.9. The summed E-state index contributed by atoms with van der Waals surface area (Å²) < 4.78 is 0. The Balaban J connectivity index is 0. The van der Waals surface area contributed by atoms with Gasteiger partial charge < -0.3 is 0 Å². The normalized spacial score (nSPS) is 12.5. The van der Waals surface area contributed by atoms with Crippen LogP contribution in [0.15, 0.2) is 0 Å². The van der Waals surface area contributed by atoms with Gasteiger partial charge in [-0.1, -0.05) is 107 Å². The van der Waals surface area contributed by atoms with E-state index in [9.17, 15) is 0 Å². The summed E-state index contributed by atoms with van der Waals surface area (Å²) in [4.78, 5) is 0. The minimum absolute atomic E-state index is 0. The van der Waals surface area contributed by atoms with Crippen LogP contribution in [0.3, 0.4) is 0 Å².